The van der Waals surface area contributed by atoms with Gasteiger partial charge in [-0.15, -0.1) is 18.3 Å². The van der Waals surface area contributed by atoms with Gasteiger partial charge in [-0.3, -0.25) is 5.43 Å². The number of hydrazone groups is 1. The summed E-state index contributed by atoms with van der Waals surface area (Å²) in [6, 6.07) is 20.2. The molecule has 5 rings (SSSR count). The monoisotopic (exact) mass is 658 g/mol. The number of halogens is 6. The van der Waals surface area contributed by atoms with Gasteiger partial charge in [0.15, 0.2) is 11.0 Å². The van der Waals surface area contributed by atoms with E-state index in [1.807, 2.05) is 32.0 Å². The predicted molar refractivity (Wildman–Crippen MR) is 162 cm³/mol. The number of hydrogen-bond acceptors (Lipinski definition) is 7. The van der Waals surface area contributed by atoms with Crippen LogP contribution < -0.4 is 10.2 Å². The molecule has 0 aliphatic rings. The van der Waals surface area contributed by atoms with Crippen LogP contribution in [0, 0.1) is 13.8 Å². The summed E-state index contributed by atoms with van der Waals surface area (Å²) in [5, 5.41) is 9.02. The van der Waals surface area contributed by atoms with E-state index >= 15 is 0 Å². The maximum absolute atomic E-state index is 13.0. The van der Waals surface area contributed by atoms with Crippen LogP contribution in [0.2, 0.25) is 0 Å². The molecule has 0 atom stereocenters. The number of nitrogens with zero attached hydrogens (tertiary/aromatic N) is 5. The van der Waals surface area contributed by atoms with Gasteiger partial charge in [-0.2, -0.15) is 18.3 Å². The number of para-hydroxylation sites is 1. The quantitative estimate of drug-likeness (QED) is 0.0778. The lowest BCUT2D eigenvalue weighted by atomic mass is 10.1. The van der Waals surface area contributed by atoms with E-state index in [-0.39, 0.29) is 17.3 Å². The lowest BCUT2D eigenvalue weighted by Crippen LogP contribution is -2.17. The first-order chi connectivity index (χ1) is 21.8. The number of aryl methyl sites for hydroxylation is 2. The molecule has 15 heteroatoms. The number of amidine groups is 1. The van der Waals surface area contributed by atoms with Crippen molar-refractivity contribution in [1.82, 2.24) is 20.2 Å². The lowest BCUT2D eigenvalue weighted by molar-refractivity contribution is -0.274. The van der Waals surface area contributed by atoms with Gasteiger partial charge < -0.3 is 9.15 Å². The second kappa shape index (κ2) is 13.5. The summed E-state index contributed by atoms with van der Waals surface area (Å²) in [7, 11) is 0. The number of aliphatic imine (C=N–C) groups is 1. The minimum Gasteiger partial charge on any atom is -0.456 e. The highest BCUT2D eigenvalue weighted by molar-refractivity contribution is 8.13. The van der Waals surface area contributed by atoms with E-state index in [1.54, 1.807) is 30.5 Å². The summed E-state index contributed by atoms with van der Waals surface area (Å²) in [5.74, 6) is -0.800. The van der Waals surface area contributed by atoms with Crippen LogP contribution in [0.5, 0.6) is 5.75 Å². The van der Waals surface area contributed by atoms with E-state index in [4.69, 9.17) is 4.42 Å². The Bertz CT molecular complexity index is 1820. The highest BCUT2D eigenvalue weighted by Crippen LogP contribution is 2.32. The van der Waals surface area contributed by atoms with Crippen molar-refractivity contribution in [3.63, 3.8) is 0 Å². The minimum atomic E-state index is -4.78. The predicted octanol–water partition coefficient (Wildman–Crippen LogP) is 8.61. The fourth-order valence-electron chi connectivity index (χ4n) is 4.12. The first-order valence-corrected chi connectivity index (χ1v) is 14.4. The van der Waals surface area contributed by atoms with Crippen LogP contribution in [0.25, 0.3) is 17.1 Å². The number of alkyl halides is 6. The average Bonchev–Trinajstić information content (AvgIpc) is 3.68. The maximum atomic E-state index is 13.0. The molecule has 0 bridgehead atoms. The molecule has 8 nitrogen and oxygen atoms in total. The van der Waals surface area contributed by atoms with Gasteiger partial charge in [0.2, 0.25) is 5.76 Å². The molecule has 0 aliphatic heterocycles. The lowest BCUT2D eigenvalue weighted by Gasteiger charge is -2.09. The zero-order chi connectivity index (χ0) is 32.9. The molecule has 5 aromatic rings. The van der Waals surface area contributed by atoms with Gasteiger partial charge in [0.25, 0.3) is 0 Å². The van der Waals surface area contributed by atoms with E-state index in [2.05, 4.69) is 30.3 Å². The number of ether oxygens (including phenoxy) is 1. The molecule has 0 saturated heterocycles. The average molecular weight is 659 g/mol. The highest BCUT2D eigenvalue weighted by Gasteiger charge is 2.34. The summed E-state index contributed by atoms with van der Waals surface area (Å²) in [6.07, 6.45) is -6.36. The smallest absolute Gasteiger partial charge is 0.456 e. The maximum Gasteiger partial charge on any atom is 0.573 e. The summed E-state index contributed by atoms with van der Waals surface area (Å²) >= 11 is 1.14. The topological polar surface area (TPSA) is 89.8 Å². The third kappa shape index (κ3) is 8.56. The third-order valence-corrected chi connectivity index (χ3v) is 7.20. The third-order valence-electron chi connectivity index (χ3n) is 6.31. The van der Waals surface area contributed by atoms with E-state index in [0.717, 1.165) is 29.0 Å². The second-order valence-corrected chi connectivity index (χ2v) is 10.7. The highest BCUT2D eigenvalue weighted by atomic mass is 32.2. The Morgan fingerprint density at radius 2 is 1.63 bits per heavy atom. The van der Waals surface area contributed by atoms with Gasteiger partial charge in [-0.05, 0) is 66.9 Å². The van der Waals surface area contributed by atoms with E-state index in [1.165, 1.54) is 41.3 Å². The number of nitrogens with one attached hydrogen (secondary N) is 1. The number of furan rings is 1. The second-order valence-electron chi connectivity index (χ2n) is 9.76. The van der Waals surface area contributed by atoms with Crippen LogP contribution in [0.15, 0.2) is 99.7 Å². The molecule has 2 aromatic heterocycles. The van der Waals surface area contributed by atoms with Crippen LogP contribution in [0.4, 0.5) is 32.0 Å². The SMILES string of the molecule is Cc1cccc(C)c1/N=C(/N/N=C/c1ccc(-c2ncn(-c3ccc(OC(F)(F)F)cc3)n2)cc1)SCc1ccc(C(F)(F)F)o1. The Morgan fingerprint density at radius 3 is 2.26 bits per heavy atom. The molecule has 3 aromatic carbocycles. The van der Waals surface area contributed by atoms with Crippen LogP contribution in [0.3, 0.4) is 0 Å². The normalized spacial score (nSPS) is 12.6. The summed E-state index contributed by atoms with van der Waals surface area (Å²) in [5.41, 5.74) is 7.32. The largest absolute Gasteiger partial charge is 0.573 e. The number of benzene rings is 3. The van der Waals surface area contributed by atoms with E-state index in [9.17, 15) is 26.3 Å². The fourth-order valence-corrected chi connectivity index (χ4v) is 4.83. The van der Waals surface area contributed by atoms with Gasteiger partial charge >= 0.3 is 12.5 Å². The van der Waals surface area contributed by atoms with Crippen molar-refractivity contribution < 1.29 is 35.5 Å². The van der Waals surface area contributed by atoms with Gasteiger partial charge in [-0.25, -0.2) is 14.7 Å². The van der Waals surface area contributed by atoms with Crippen molar-refractivity contribution in [3.8, 4) is 22.8 Å². The summed E-state index contributed by atoms with van der Waals surface area (Å²) < 4.78 is 86.4. The molecule has 0 fully saturated rings. The first-order valence-electron chi connectivity index (χ1n) is 13.4. The number of rotatable bonds is 8. The Hall–Kier alpha value is -5.05. The van der Waals surface area contributed by atoms with Gasteiger partial charge in [0.1, 0.15) is 17.8 Å². The van der Waals surface area contributed by atoms with E-state index < -0.39 is 18.3 Å². The molecule has 46 heavy (non-hydrogen) atoms. The van der Waals surface area contributed by atoms with E-state index in [0.29, 0.717) is 33.5 Å². The molecule has 0 aliphatic carbocycles. The van der Waals surface area contributed by atoms with Crippen molar-refractivity contribution in [2.45, 2.75) is 32.1 Å². The van der Waals surface area contributed by atoms with Gasteiger partial charge in [0.05, 0.1) is 23.3 Å². The van der Waals surface area contributed by atoms with Crippen LogP contribution in [-0.4, -0.2) is 32.5 Å². The Morgan fingerprint density at radius 1 is 0.935 bits per heavy atom. The van der Waals surface area contributed by atoms with Crippen molar-refractivity contribution in [1.29, 1.82) is 0 Å². The molecular formula is C31H24F6N6O2S. The number of hydrogen-bond donors (Lipinski definition) is 1. The summed E-state index contributed by atoms with van der Waals surface area (Å²) in [4.78, 5) is 8.96. The standard InChI is InChI=1S/C31H24F6N6O2S/c1-19-4-3-5-20(2)27(19)40-29(46-17-25-14-15-26(44-25)30(32,33)34)41-39-16-21-6-8-22(9-7-21)28-38-18-43(42-28)23-10-12-24(13-11-23)45-31(35,36)37/h3-16,18H,17H2,1-2H3,(H,40,41)/b39-16+. The van der Waals surface area contributed by atoms with Crippen LogP contribution in [0.1, 0.15) is 28.2 Å². The fraction of sp³-hybridized carbons (Fsp3) is 0.161. The first kappa shape index (κ1) is 32.3. The van der Waals surface area contributed by atoms with Crippen molar-refractivity contribution >= 4 is 28.8 Å². The molecule has 1 N–H and O–H groups in total. The van der Waals surface area contributed by atoms with Crippen LogP contribution >= 0.6 is 11.8 Å². The molecule has 0 spiro atoms. The Balaban J connectivity index is 1.26. The van der Waals surface area contributed by atoms with Crippen molar-refractivity contribution in [3.05, 3.63) is 113 Å². The molecule has 238 valence electrons. The molecule has 0 amide bonds. The van der Waals surface area contributed by atoms with Crippen LogP contribution in [-0.2, 0) is 11.9 Å². The van der Waals surface area contributed by atoms with Crippen molar-refractivity contribution in [2.24, 2.45) is 10.1 Å². The van der Waals surface area contributed by atoms with Crippen molar-refractivity contribution in [2.75, 3.05) is 0 Å². The molecule has 0 unspecified atom stereocenters. The molecule has 2 heterocycles. The zero-order valence-corrected chi connectivity index (χ0v) is 24.9. The number of thioether (sulfide) groups is 1. The Kier molecular flexibility index (Phi) is 9.51. The Labute approximate surface area is 262 Å². The van der Waals surface area contributed by atoms with Gasteiger partial charge in [0, 0.05) is 5.56 Å². The molecule has 0 saturated carbocycles. The zero-order valence-electron chi connectivity index (χ0n) is 24.1. The minimum absolute atomic E-state index is 0.0855. The number of aromatic nitrogens is 3. The molecular weight excluding hydrogens is 634 g/mol. The van der Waals surface area contributed by atoms with Gasteiger partial charge in [-0.1, -0.05) is 54.2 Å². The molecule has 0 radical (unpaired) electrons. The summed E-state index contributed by atoms with van der Waals surface area (Å²) in [6.45, 7) is 3.81.